The Morgan fingerprint density at radius 2 is 1.77 bits per heavy atom. The highest BCUT2D eigenvalue weighted by Crippen LogP contribution is 2.28. The zero-order chi connectivity index (χ0) is 22.2. The zero-order valence-electron chi connectivity index (χ0n) is 16.7. The van der Waals surface area contributed by atoms with Crippen molar-refractivity contribution in [3.8, 4) is 0 Å². The minimum atomic E-state index is -4.65. The highest BCUT2D eigenvalue weighted by atomic mass is 32.2. The van der Waals surface area contributed by atoms with Crippen LogP contribution in [-0.4, -0.2) is 65.6 Å². The Morgan fingerprint density at radius 1 is 1.00 bits per heavy atom. The molecule has 3 aromatic rings. The summed E-state index contributed by atoms with van der Waals surface area (Å²) in [5.41, 5.74) is 0.766. The van der Waals surface area contributed by atoms with Crippen LogP contribution in [-0.2, 0) is 22.6 Å². The van der Waals surface area contributed by atoms with Crippen molar-refractivity contribution >= 4 is 21.3 Å². The summed E-state index contributed by atoms with van der Waals surface area (Å²) in [4.78, 5) is 4.38. The van der Waals surface area contributed by atoms with E-state index in [1.54, 1.807) is 24.3 Å². The van der Waals surface area contributed by atoms with E-state index in [9.17, 15) is 21.6 Å². The Bertz CT molecular complexity index is 1190. The third kappa shape index (κ3) is 4.64. The summed E-state index contributed by atoms with van der Waals surface area (Å²) in [6.45, 7) is 2.99. The first-order valence-electron chi connectivity index (χ1n) is 9.68. The Labute approximate surface area is 177 Å². The van der Waals surface area contributed by atoms with Gasteiger partial charge in [-0.25, -0.2) is 8.42 Å². The van der Waals surface area contributed by atoms with E-state index < -0.39 is 21.8 Å². The summed E-state index contributed by atoms with van der Waals surface area (Å²) in [5, 5.41) is 10.9. The standard InChI is InChI=1S/C19H21F3N6O2S/c1-31(29,30)15-6-3-2-5-14(15)13-26-9-4-10-27(12-11-26)17-8-7-16-23-24-18(19(20,21)22)28(16)25-17/h2-3,5-8H,4,9-13H2,1H3. The maximum atomic E-state index is 13.1. The van der Waals surface area contributed by atoms with Gasteiger partial charge in [0.25, 0.3) is 5.82 Å². The largest absolute Gasteiger partial charge is 0.453 e. The van der Waals surface area contributed by atoms with Crippen LogP contribution >= 0.6 is 0 Å². The highest BCUT2D eigenvalue weighted by Gasteiger charge is 2.37. The number of aromatic nitrogens is 4. The first-order valence-corrected chi connectivity index (χ1v) is 11.6. The molecule has 1 fully saturated rings. The lowest BCUT2D eigenvalue weighted by Crippen LogP contribution is -2.31. The van der Waals surface area contributed by atoms with E-state index in [0.29, 0.717) is 36.9 Å². The van der Waals surface area contributed by atoms with Crippen molar-refractivity contribution in [1.82, 2.24) is 24.7 Å². The van der Waals surface area contributed by atoms with E-state index in [2.05, 4.69) is 20.2 Å². The van der Waals surface area contributed by atoms with Gasteiger partial charge in [0.2, 0.25) is 0 Å². The predicted octanol–water partition coefficient (Wildman–Crippen LogP) is 2.26. The van der Waals surface area contributed by atoms with Crippen LogP contribution in [0.1, 0.15) is 17.8 Å². The summed E-state index contributed by atoms with van der Waals surface area (Å²) in [5.74, 6) is -0.741. The van der Waals surface area contributed by atoms with Crippen LogP contribution in [0.15, 0.2) is 41.3 Å². The number of anilines is 1. The number of alkyl halides is 3. The van der Waals surface area contributed by atoms with Gasteiger partial charge >= 0.3 is 6.18 Å². The van der Waals surface area contributed by atoms with Gasteiger partial charge in [-0.1, -0.05) is 18.2 Å². The molecule has 3 heterocycles. The minimum absolute atomic E-state index is 0.0323. The molecule has 31 heavy (non-hydrogen) atoms. The van der Waals surface area contributed by atoms with Gasteiger partial charge < -0.3 is 4.90 Å². The van der Waals surface area contributed by atoms with E-state index >= 15 is 0 Å². The van der Waals surface area contributed by atoms with Crippen LogP contribution in [0, 0.1) is 0 Å². The number of halogens is 3. The van der Waals surface area contributed by atoms with Crippen molar-refractivity contribution in [2.45, 2.75) is 24.0 Å². The fraction of sp³-hybridized carbons (Fsp3) is 0.421. The van der Waals surface area contributed by atoms with Gasteiger partial charge in [-0.3, -0.25) is 4.90 Å². The van der Waals surface area contributed by atoms with Crippen molar-refractivity contribution in [3.63, 3.8) is 0 Å². The van der Waals surface area contributed by atoms with E-state index in [4.69, 9.17) is 0 Å². The average molecular weight is 454 g/mol. The minimum Gasteiger partial charge on any atom is -0.354 e. The fourth-order valence-electron chi connectivity index (χ4n) is 3.72. The molecular weight excluding hydrogens is 433 g/mol. The monoisotopic (exact) mass is 454 g/mol. The lowest BCUT2D eigenvalue weighted by Gasteiger charge is -2.23. The molecule has 12 heteroatoms. The number of fused-ring (bicyclic) bond motifs is 1. The Hall–Kier alpha value is -2.73. The number of hydrogen-bond donors (Lipinski definition) is 0. The molecule has 2 aromatic heterocycles. The second kappa shape index (κ2) is 8.08. The Morgan fingerprint density at radius 3 is 2.52 bits per heavy atom. The van der Waals surface area contributed by atoms with E-state index in [-0.39, 0.29) is 5.65 Å². The van der Waals surface area contributed by atoms with Gasteiger partial charge in [0.15, 0.2) is 15.5 Å². The number of benzene rings is 1. The van der Waals surface area contributed by atoms with Gasteiger partial charge in [-0.15, -0.1) is 15.3 Å². The molecule has 1 aliphatic heterocycles. The number of sulfone groups is 1. The molecule has 0 saturated carbocycles. The van der Waals surface area contributed by atoms with Crippen LogP contribution < -0.4 is 4.90 Å². The molecule has 0 amide bonds. The van der Waals surface area contributed by atoms with Crippen LogP contribution in [0.25, 0.3) is 5.65 Å². The van der Waals surface area contributed by atoms with Gasteiger partial charge in [0.05, 0.1) is 4.90 Å². The molecule has 8 nitrogen and oxygen atoms in total. The maximum Gasteiger partial charge on any atom is 0.453 e. The first-order chi connectivity index (χ1) is 14.6. The van der Waals surface area contributed by atoms with Crippen LogP contribution in [0.4, 0.5) is 19.0 Å². The average Bonchev–Trinajstić information content (AvgIpc) is 3.00. The third-order valence-corrected chi connectivity index (χ3v) is 6.38. The molecular formula is C19H21F3N6O2S. The molecule has 1 aromatic carbocycles. The molecule has 4 rings (SSSR count). The molecule has 166 valence electrons. The lowest BCUT2D eigenvalue weighted by atomic mass is 10.2. The molecule has 1 saturated heterocycles. The molecule has 0 spiro atoms. The lowest BCUT2D eigenvalue weighted by molar-refractivity contribution is -0.146. The summed E-state index contributed by atoms with van der Waals surface area (Å²) < 4.78 is 64.2. The molecule has 1 aliphatic rings. The molecule has 0 radical (unpaired) electrons. The van der Waals surface area contributed by atoms with Gasteiger partial charge in [0, 0.05) is 39.0 Å². The third-order valence-electron chi connectivity index (χ3n) is 5.18. The van der Waals surface area contributed by atoms with Crippen LogP contribution in [0.3, 0.4) is 0 Å². The van der Waals surface area contributed by atoms with Gasteiger partial charge in [-0.05, 0) is 30.2 Å². The van der Waals surface area contributed by atoms with Crippen molar-refractivity contribution < 1.29 is 21.6 Å². The number of nitrogens with zero attached hydrogens (tertiary/aromatic N) is 6. The van der Waals surface area contributed by atoms with Gasteiger partial charge in [0.1, 0.15) is 5.82 Å². The van der Waals surface area contributed by atoms with Gasteiger partial charge in [-0.2, -0.15) is 17.7 Å². The van der Waals surface area contributed by atoms with E-state index in [0.717, 1.165) is 23.0 Å². The maximum absolute atomic E-state index is 13.1. The normalized spacial score (nSPS) is 16.6. The summed E-state index contributed by atoms with van der Waals surface area (Å²) in [6.07, 6.45) is -2.69. The Balaban J connectivity index is 1.51. The Kier molecular flexibility index (Phi) is 5.60. The quantitative estimate of drug-likeness (QED) is 0.598. The highest BCUT2D eigenvalue weighted by molar-refractivity contribution is 7.90. The summed E-state index contributed by atoms with van der Waals surface area (Å²) in [6, 6.07) is 10.0. The van der Waals surface area contributed by atoms with Crippen molar-refractivity contribution in [1.29, 1.82) is 0 Å². The SMILES string of the molecule is CS(=O)(=O)c1ccccc1CN1CCCN(c2ccc3nnc(C(F)(F)F)n3n2)CC1. The number of hydrogen-bond acceptors (Lipinski definition) is 7. The van der Waals surface area contributed by atoms with Crippen molar-refractivity contribution in [2.24, 2.45) is 0 Å². The van der Waals surface area contributed by atoms with Crippen molar-refractivity contribution in [3.05, 3.63) is 47.8 Å². The first kappa shape index (κ1) is 21.5. The molecule has 0 aliphatic carbocycles. The second-order valence-electron chi connectivity index (χ2n) is 7.48. The predicted molar refractivity (Wildman–Crippen MR) is 107 cm³/mol. The fourth-order valence-corrected chi connectivity index (χ4v) is 4.65. The smallest absolute Gasteiger partial charge is 0.354 e. The van der Waals surface area contributed by atoms with Crippen LogP contribution in [0.2, 0.25) is 0 Å². The molecule has 0 unspecified atom stereocenters. The summed E-state index contributed by atoms with van der Waals surface area (Å²) >= 11 is 0. The molecule has 0 bridgehead atoms. The van der Waals surface area contributed by atoms with E-state index in [1.165, 1.54) is 12.3 Å². The van der Waals surface area contributed by atoms with Crippen LogP contribution in [0.5, 0.6) is 0 Å². The van der Waals surface area contributed by atoms with E-state index in [1.807, 2.05) is 11.0 Å². The molecule has 0 N–H and O–H groups in total. The number of rotatable bonds is 4. The topological polar surface area (TPSA) is 83.7 Å². The molecule has 0 atom stereocenters. The summed E-state index contributed by atoms with van der Waals surface area (Å²) in [7, 11) is -3.33. The second-order valence-corrected chi connectivity index (χ2v) is 9.46. The van der Waals surface area contributed by atoms with Crippen molar-refractivity contribution in [2.75, 3.05) is 37.3 Å². The zero-order valence-corrected chi connectivity index (χ0v) is 17.6.